The van der Waals surface area contributed by atoms with Crippen molar-refractivity contribution >= 4 is 29.3 Å². The van der Waals surface area contributed by atoms with Crippen molar-refractivity contribution in [2.75, 3.05) is 19.6 Å². The number of nitrogens with zero attached hydrogens (tertiary/aromatic N) is 1. The third-order valence-corrected chi connectivity index (χ3v) is 4.26. The van der Waals surface area contributed by atoms with Crippen molar-refractivity contribution < 1.29 is 9.21 Å². The normalized spacial score (nSPS) is 18.3. The van der Waals surface area contributed by atoms with Crippen LogP contribution in [0.3, 0.4) is 0 Å². The summed E-state index contributed by atoms with van der Waals surface area (Å²) < 4.78 is 5.72. The van der Waals surface area contributed by atoms with Crippen LogP contribution >= 0.6 is 12.4 Å². The molecule has 22 heavy (non-hydrogen) atoms. The molecule has 0 bridgehead atoms. The molecule has 1 aromatic carbocycles. The topological polar surface area (TPSA) is 59.5 Å². The molecular formula is C17H23ClN2O2. The Morgan fingerprint density at radius 2 is 2.23 bits per heavy atom. The number of aryl methyl sites for hydroxylation is 1. The Balaban J connectivity index is 0.00000176. The largest absolute Gasteiger partial charge is 0.451 e. The molecule has 2 aromatic rings. The molecule has 1 fully saturated rings. The number of amides is 1. The first-order valence-corrected chi connectivity index (χ1v) is 7.67. The van der Waals surface area contributed by atoms with Crippen LogP contribution in [0.15, 0.2) is 28.7 Å². The van der Waals surface area contributed by atoms with Gasteiger partial charge in [-0.25, -0.2) is 0 Å². The van der Waals surface area contributed by atoms with Crippen LogP contribution in [-0.4, -0.2) is 30.4 Å². The zero-order valence-electron chi connectivity index (χ0n) is 12.9. The molecule has 1 aliphatic heterocycles. The van der Waals surface area contributed by atoms with Gasteiger partial charge < -0.3 is 15.1 Å². The average Bonchev–Trinajstić information content (AvgIpc) is 2.90. The fourth-order valence-corrected chi connectivity index (χ4v) is 3.14. The zero-order chi connectivity index (χ0) is 14.8. The molecule has 1 unspecified atom stereocenters. The molecular weight excluding hydrogens is 300 g/mol. The lowest BCUT2D eigenvalue weighted by Crippen LogP contribution is -2.40. The van der Waals surface area contributed by atoms with E-state index >= 15 is 0 Å². The number of carbonyl (C=O) groups excluding carboxylic acids is 1. The predicted octanol–water partition coefficient (Wildman–Crippen LogP) is 3.36. The molecule has 1 aromatic heterocycles. The van der Waals surface area contributed by atoms with Gasteiger partial charge in [0, 0.05) is 18.5 Å². The summed E-state index contributed by atoms with van der Waals surface area (Å²) in [6.45, 7) is 4.34. The maximum atomic E-state index is 12.6. The van der Waals surface area contributed by atoms with Crippen molar-refractivity contribution in [2.24, 2.45) is 11.7 Å². The number of nitrogens with two attached hydrogens (primary N) is 1. The number of furan rings is 1. The van der Waals surface area contributed by atoms with Crippen molar-refractivity contribution in [3.05, 3.63) is 35.6 Å². The van der Waals surface area contributed by atoms with Gasteiger partial charge in [0.05, 0.1) is 0 Å². The smallest absolute Gasteiger partial charge is 0.289 e. The van der Waals surface area contributed by atoms with E-state index in [0.29, 0.717) is 18.2 Å². The number of halogens is 1. The van der Waals surface area contributed by atoms with Crippen LogP contribution < -0.4 is 5.73 Å². The Morgan fingerprint density at radius 1 is 1.41 bits per heavy atom. The number of hydrogen-bond acceptors (Lipinski definition) is 3. The highest BCUT2D eigenvalue weighted by Crippen LogP contribution is 2.24. The molecule has 1 atom stereocenters. The predicted molar refractivity (Wildman–Crippen MR) is 90.5 cm³/mol. The van der Waals surface area contributed by atoms with Crippen molar-refractivity contribution in [3.8, 4) is 0 Å². The van der Waals surface area contributed by atoms with Gasteiger partial charge in [-0.05, 0) is 56.8 Å². The highest BCUT2D eigenvalue weighted by atomic mass is 35.5. The van der Waals surface area contributed by atoms with Crippen LogP contribution in [0.1, 0.15) is 35.4 Å². The minimum absolute atomic E-state index is 0. The summed E-state index contributed by atoms with van der Waals surface area (Å²) in [7, 11) is 0. The summed E-state index contributed by atoms with van der Waals surface area (Å²) in [6, 6.07) is 7.83. The Labute approximate surface area is 137 Å². The van der Waals surface area contributed by atoms with Crippen LogP contribution in [0.5, 0.6) is 0 Å². The lowest BCUT2D eigenvalue weighted by atomic mass is 9.95. The average molecular weight is 323 g/mol. The molecule has 3 rings (SSSR count). The van der Waals surface area contributed by atoms with E-state index in [2.05, 4.69) is 0 Å². The quantitative estimate of drug-likeness (QED) is 0.942. The summed E-state index contributed by atoms with van der Waals surface area (Å²) in [5, 5.41) is 0.994. The van der Waals surface area contributed by atoms with E-state index in [9.17, 15) is 4.79 Å². The van der Waals surface area contributed by atoms with Gasteiger partial charge in [0.2, 0.25) is 0 Å². The van der Waals surface area contributed by atoms with Gasteiger partial charge in [-0.2, -0.15) is 0 Å². The van der Waals surface area contributed by atoms with Crippen molar-refractivity contribution in [1.29, 1.82) is 0 Å². The van der Waals surface area contributed by atoms with E-state index in [1.54, 1.807) is 0 Å². The molecule has 2 heterocycles. The fraction of sp³-hybridized carbons (Fsp3) is 0.471. The summed E-state index contributed by atoms with van der Waals surface area (Å²) in [4.78, 5) is 14.5. The molecule has 1 aliphatic rings. The third kappa shape index (κ3) is 3.45. The lowest BCUT2D eigenvalue weighted by molar-refractivity contribution is 0.0640. The Bertz CT molecular complexity index is 651. The second-order valence-corrected chi connectivity index (χ2v) is 5.99. The molecule has 0 spiro atoms. The Morgan fingerprint density at radius 3 is 3.00 bits per heavy atom. The molecule has 1 amide bonds. The van der Waals surface area contributed by atoms with E-state index < -0.39 is 0 Å². The minimum Gasteiger partial charge on any atom is -0.451 e. The standard InChI is InChI=1S/C17H22N2O2.ClH/c1-12-4-5-15-14(9-12)10-16(21-15)17(20)19-8-2-3-13(11-19)6-7-18;/h4-5,9-10,13H,2-3,6-8,11,18H2,1H3;1H. The van der Waals surface area contributed by atoms with Gasteiger partial charge >= 0.3 is 0 Å². The molecule has 1 saturated heterocycles. The highest BCUT2D eigenvalue weighted by Gasteiger charge is 2.26. The van der Waals surface area contributed by atoms with Gasteiger partial charge in [-0.15, -0.1) is 12.4 Å². The number of likely N-dealkylation sites (tertiary alicyclic amines) is 1. The highest BCUT2D eigenvalue weighted by molar-refractivity contribution is 5.96. The summed E-state index contributed by atoms with van der Waals surface area (Å²) in [5.74, 6) is 0.980. The van der Waals surface area contributed by atoms with Crippen LogP contribution in [0.4, 0.5) is 0 Å². The van der Waals surface area contributed by atoms with E-state index in [1.807, 2.05) is 36.1 Å². The summed E-state index contributed by atoms with van der Waals surface area (Å²) in [6.07, 6.45) is 3.21. The molecule has 0 radical (unpaired) electrons. The number of fused-ring (bicyclic) bond motifs is 1. The second kappa shape index (κ2) is 7.16. The Kier molecular flexibility index (Phi) is 5.48. The zero-order valence-corrected chi connectivity index (χ0v) is 13.7. The van der Waals surface area contributed by atoms with E-state index in [-0.39, 0.29) is 18.3 Å². The second-order valence-electron chi connectivity index (χ2n) is 5.99. The third-order valence-electron chi connectivity index (χ3n) is 4.26. The van der Waals surface area contributed by atoms with E-state index in [0.717, 1.165) is 36.9 Å². The number of piperidine rings is 1. The fourth-order valence-electron chi connectivity index (χ4n) is 3.14. The minimum atomic E-state index is 0. The Hall–Kier alpha value is -1.52. The first-order valence-electron chi connectivity index (χ1n) is 7.67. The molecule has 0 aliphatic carbocycles. The van der Waals surface area contributed by atoms with E-state index in [4.69, 9.17) is 10.2 Å². The van der Waals surface area contributed by atoms with Crippen LogP contribution in [0, 0.1) is 12.8 Å². The molecule has 0 saturated carbocycles. The molecule has 5 heteroatoms. The number of carbonyl (C=O) groups is 1. The number of hydrogen-bond donors (Lipinski definition) is 1. The van der Waals surface area contributed by atoms with Crippen LogP contribution in [-0.2, 0) is 0 Å². The van der Waals surface area contributed by atoms with Crippen LogP contribution in [0.25, 0.3) is 11.0 Å². The maximum absolute atomic E-state index is 12.6. The number of benzene rings is 1. The van der Waals surface area contributed by atoms with Crippen molar-refractivity contribution in [1.82, 2.24) is 4.90 Å². The summed E-state index contributed by atoms with van der Waals surface area (Å²) in [5.41, 5.74) is 7.58. The van der Waals surface area contributed by atoms with E-state index in [1.165, 1.54) is 12.0 Å². The first-order chi connectivity index (χ1) is 10.2. The molecule has 120 valence electrons. The molecule has 2 N–H and O–H groups in total. The SMILES string of the molecule is Cc1ccc2oc(C(=O)N3CCCC(CCN)C3)cc2c1.Cl. The number of rotatable bonds is 3. The lowest BCUT2D eigenvalue weighted by Gasteiger charge is -2.32. The summed E-state index contributed by atoms with van der Waals surface area (Å²) >= 11 is 0. The van der Waals surface area contributed by atoms with Gasteiger partial charge in [0.1, 0.15) is 5.58 Å². The molecule has 4 nitrogen and oxygen atoms in total. The van der Waals surface area contributed by atoms with Gasteiger partial charge in [-0.1, -0.05) is 11.6 Å². The van der Waals surface area contributed by atoms with Gasteiger partial charge in [0.25, 0.3) is 5.91 Å². The first kappa shape index (κ1) is 16.8. The van der Waals surface area contributed by atoms with Crippen molar-refractivity contribution in [2.45, 2.75) is 26.2 Å². The van der Waals surface area contributed by atoms with Crippen LogP contribution in [0.2, 0.25) is 0 Å². The van der Waals surface area contributed by atoms with Gasteiger partial charge in [0.15, 0.2) is 5.76 Å². The monoisotopic (exact) mass is 322 g/mol. The van der Waals surface area contributed by atoms with Crippen molar-refractivity contribution in [3.63, 3.8) is 0 Å². The van der Waals surface area contributed by atoms with Gasteiger partial charge in [-0.3, -0.25) is 4.79 Å². The maximum Gasteiger partial charge on any atom is 0.289 e.